The maximum absolute atomic E-state index is 11.7. The number of amides is 1. The van der Waals surface area contributed by atoms with Gasteiger partial charge in [0.25, 0.3) is 0 Å². The molecule has 0 aromatic carbocycles. The number of hydrogen-bond acceptors (Lipinski definition) is 2. The molecule has 0 aromatic rings. The van der Waals surface area contributed by atoms with E-state index in [2.05, 4.69) is 6.92 Å². The second-order valence-corrected chi connectivity index (χ2v) is 4.97. The largest absolute Gasteiger partial charge is 0.342 e. The van der Waals surface area contributed by atoms with Crippen LogP contribution in [0.4, 0.5) is 0 Å². The summed E-state index contributed by atoms with van der Waals surface area (Å²) in [6.45, 7) is 3.84. The molecule has 0 spiro atoms. The SMILES string of the molecule is CCCCCCCCN1CCCC(=O)CC1=O. The zero-order valence-corrected chi connectivity index (χ0v) is 11.0. The van der Waals surface area contributed by atoms with Gasteiger partial charge >= 0.3 is 0 Å². The summed E-state index contributed by atoms with van der Waals surface area (Å²) in [6, 6.07) is 0. The van der Waals surface area contributed by atoms with Crippen LogP contribution >= 0.6 is 0 Å². The molecule has 3 nitrogen and oxygen atoms in total. The van der Waals surface area contributed by atoms with Gasteiger partial charge in [0, 0.05) is 19.5 Å². The van der Waals surface area contributed by atoms with E-state index in [1.807, 2.05) is 4.90 Å². The standard InChI is InChI=1S/C14H25NO2/c1-2-3-4-5-6-7-10-15-11-8-9-13(16)12-14(15)17/h2-12H2,1H3. The summed E-state index contributed by atoms with van der Waals surface area (Å²) in [5.41, 5.74) is 0. The Hall–Kier alpha value is -0.860. The Morgan fingerprint density at radius 2 is 1.76 bits per heavy atom. The molecule has 1 heterocycles. The van der Waals surface area contributed by atoms with Gasteiger partial charge in [-0.25, -0.2) is 0 Å². The Morgan fingerprint density at radius 1 is 1.06 bits per heavy atom. The predicted octanol–water partition coefficient (Wildman–Crippen LogP) is 2.93. The van der Waals surface area contributed by atoms with Gasteiger partial charge in [0.15, 0.2) is 0 Å². The van der Waals surface area contributed by atoms with Crippen molar-refractivity contribution in [1.82, 2.24) is 4.90 Å². The average molecular weight is 239 g/mol. The molecule has 0 aliphatic carbocycles. The van der Waals surface area contributed by atoms with Crippen LogP contribution in [0.15, 0.2) is 0 Å². The first-order valence-corrected chi connectivity index (χ1v) is 7.03. The summed E-state index contributed by atoms with van der Waals surface area (Å²) in [5.74, 6) is 0.154. The van der Waals surface area contributed by atoms with Crippen LogP contribution in [0, 0.1) is 0 Å². The Bertz CT molecular complexity index is 251. The van der Waals surface area contributed by atoms with Crippen LogP contribution in [-0.2, 0) is 9.59 Å². The summed E-state index contributed by atoms with van der Waals surface area (Å²) in [6.07, 6.45) is 9.03. The van der Waals surface area contributed by atoms with Crippen LogP contribution in [-0.4, -0.2) is 29.7 Å². The van der Waals surface area contributed by atoms with Gasteiger partial charge in [-0.15, -0.1) is 0 Å². The van der Waals surface area contributed by atoms with Crippen LogP contribution in [0.3, 0.4) is 0 Å². The predicted molar refractivity (Wildman–Crippen MR) is 68.8 cm³/mol. The molecule has 0 unspecified atom stereocenters. The molecule has 1 aliphatic heterocycles. The molecule has 1 amide bonds. The Labute approximate surface area is 105 Å². The van der Waals surface area contributed by atoms with Crippen LogP contribution in [0.25, 0.3) is 0 Å². The third kappa shape index (κ3) is 5.85. The fraction of sp³-hybridized carbons (Fsp3) is 0.857. The van der Waals surface area contributed by atoms with Crippen molar-refractivity contribution in [2.45, 2.75) is 64.7 Å². The van der Waals surface area contributed by atoms with Gasteiger partial charge < -0.3 is 4.90 Å². The van der Waals surface area contributed by atoms with Crippen molar-refractivity contribution in [2.75, 3.05) is 13.1 Å². The molecule has 1 rings (SSSR count). The van der Waals surface area contributed by atoms with Gasteiger partial charge in [0.2, 0.25) is 5.91 Å². The van der Waals surface area contributed by atoms with Crippen LogP contribution in [0.1, 0.15) is 64.7 Å². The minimum Gasteiger partial charge on any atom is -0.342 e. The van der Waals surface area contributed by atoms with Crippen molar-refractivity contribution >= 4 is 11.7 Å². The molecule has 0 saturated carbocycles. The van der Waals surface area contributed by atoms with Gasteiger partial charge in [-0.05, 0) is 12.8 Å². The molecule has 0 aromatic heterocycles. The lowest BCUT2D eigenvalue weighted by atomic mass is 10.1. The van der Waals surface area contributed by atoms with E-state index in [-0.39, 0.29) is 18.1 Å². The number of hydrogen-bond donors (Lipinski definition) is 0. The molecule has 3 heteroatoms. The summed E-state index contributed by atoms with van der Waals surface area (Å²) in [4.78, 5) is 24.8. The number of carbonyl (C=O) groups is 2. The van der Waals surface area contributed by atoms with Crippen molar-refractivity contribution in [3.8, 4) is 0 Å². The van der Waals surface area contributed by atoms with Crippen molar-refractivity contribution < 1.29 is 9.59 Å². The number of likely N-dealkylation sites (tertiary alicyclic amines) is 1. The van der Waals surface area contributed by atoms with Crippen LogP contribution < -0.4 is 0 Å². The Kier molecular flexibility index (Phi) is 6.90. The quantitative estimate of drug-likeness (QED) is 0.506. The highest BCUT2D eigenvalue weighted by atomic mass is 16.2. The fourth-order valence-corrected chi connectivity index (χ4v) is 2.28. The molecular formula is C14H25NO2. The Balaban J connectivity index is 2.13. The van der Waals surface area contributed by atoms with Crippen molar-refractivity contribution in [2.24, 2.45) is 0 Å². The lowest BCUT2D eigenvalue weighted by molar-refractivity contribution is -0.133. The fourth-order valence-electron chi connectivity index (χ4n) is 2.28. The van der Waals surface area contributed by atoms with Gasteiger partial charge in [0.05, 0.1) is 6.42 Å². The van der Waals surface area contributed by atoms with Crippen molar-refractivity contribution in [3.05, 3.63) is 0 Å². The highest BCUT2D eigenvalue weighted by molar-refractivity contribution is 5.98. The van der Waals surface area contributed by atoms with Crippen LogP contribution in [0.2, 0.25) is 0 Å². The first-order valence-electron chi connectivity index (χ1n) is 7.03. The molecular weight excluding hydrogens is 214 g/mol. The first-order chi connectivity index (χ1) is 8.24. The van der Waals surface area contributed by atoms with E-state index in [0.29, 0.717) is 6.42 Å². The van der Waals surface area contributed by atoms with E-state index < -0.39 is 0 Å². The van der Waals surface area contributed by atoms with Crippen molar-refractivity contribution in [3.63, 3.8) is 0 Å². The smallest absolute Gasteiger partial charge is 0.230 e. The first kappa shape index (κ1) is 14.2. The van der Waals surface area contributed by atoms with Crippen molar-refractivity contribution in [1.29, 1.82) is 0 Å². The highest BCUT2D eigenvalue weighted by Gasteiger charge is 2.20. The van der Waals surface area contributed by atoms with E-state index in [1.54, 1.807) is 0 Å². The molecule has 17 heavy (non-hydrogen) atoms. The third-order valence-electron chi connectivity index (χ3n) is 3.37. The topological polar surface area (TPSA) is 37.4 Å². The minimum atomic E-state index is 0.0426. The third-order valence-corrected chi connectivity index (χ3v) is 3.37. The second kappa shape index (κ2) is 8.26. The average Bonchev–Trinajstić information content (AvgIpc) is 2.45. The summed E-state index contributed by atoms with van der Waals surface area (Å²) >= 11 is 0. The highest BCUT2D eigenvalue weighted by Crippen LogP contribution is 2.11. The maximum atomic E-state index is 11.7. The zero-order chi connectivity index (χ0) is 12.5. The van der Waals surface area contributed by atoms with Gasteiger partial charge in [-0.2, -0.15) is 0 Å². The number of unbranched alkanes of at least 4 members (excludes halogenated alkanes) is 5. The monoisotopic (exact) mass is 239 g/mol. The summed E-state index contributed by atoms with van der Waals surface area (Å²) in [5, 5.41) is 0. The molecule has 1 fully saturated rings. The van der Waals surface area contributed by atoms with Gasteiger partial charge in [-0.3, -0.25) is 9.59 Å². The molecule has 0 N–H and O–H groups in total. The zero-order valence-electron chi connectivity index (χ0n) is 11.0. The Morgan fingerprint density at radius 3 is 2.53 bits per heavy atom. The lowest BCUT2D eigenvalue weighted by Gasteiger charge is -2.19. The van der Waals surface area contributed by atoms with E-state index in [4.69, 9.17) is 0 Å². The molecule has 0 bridgehead atoms. The number of nitrogens with zero attached hydrogens (tertiary/aromatic N) is 1. The number of rotatable bonds is 7. The van der Waals surface area contributed by atoms with E-state index >= 15 is 0 Å². The number of carbonyl (C=O) groups excluding carboxylic acids is 2. The lowest BCUT2D eigenvalue weighted by Crippen LogP contribution is -2.31. The normalized spacial score (nSPS) is 17.4. The van der Waals surface area contributed by atoms with Gasteiger partial charge in [-0.1, -0.05) is 39.0 Å². The summed E-state index contributed by atoms with van der Waals surface area (Å²) < 4.78 is 0. The minimum absolute atomic E-state index is 0.0426. The van der Waals surface area contributed by atoms with Crippen LogP contribution in [0.5, 0.6) is 0 Å². The van der Waals surface area contributed by atoms with Gasteiger partial charge in [0.1, 0.15) is 5.78 Å². The van der Waals surface area contributed by atoms with E-state index in [0.717, 1.165) is 25.9 Å². The second-order valence-electron chi connectivity index (χ2n) is 4.97. The summed E-state index contributed by atoms with van der Waals surface area (Å²) in [7, 11) is 0. The van der Waals surface area contributed by atoms with E-state index in [1.165, 1.54) is 32.1 Å². The molecule has 98 valence electrons. The molecule has 0 radical (unpaired) electrons. The maximum Gasteiger partial charge on any atom is 0.230 e. The molecule has 0 atom stereocenters. The van der Waals surface area contributed by atoms with E-state index in [9.17, 15) is 9.59 Å². The molecule has 1 saturated heterocycles. The number of ketones is 1. The molecule has 1 aliphatic rings. The number of Topliss-reactive ketones (excluding diaryl/α,β-unsaturated/α-hetero) is 1.